The quantitative estimate of drug-likeness (QED) is 0.661. The number of ether oxygens (including phenoxy) is 1. The van der Waals surface area contributed by atoms with E-state index in [4.69, 9.17) is 4.74 Å². The van der Waals surface area contributed by atoms with Crippen molar-refractivity contribution in [3.63, 3.8) is 0 Å². The number of rotatable bonds is 7. The van der Waals surface area contributed by atoms with Crippen molar-refractivity contribution in [3.8, 4) is 5.75 Å². The molecule has 1 amide bonds. The van der Waals surface area contributed by atoms with Crippen LogP contribution in [0.1, 0.15) is 13.3 Å². The second-order valence-electron chi connectivity index (χ2n) is 7.72. The van der Waals surface area contributed by atoms with E-state index in [1.165, 1.54) is 0 Å². The monoisotopic (exact) mass is 409 g/mol. The van der Waals surface area contributed by atoms with E-state index in [1.807, 2.05) is 37.3 Å². The van der Waals surface area contributed by atoms with E-state index in [9.17, 15) is 13.2 Å². The van der Waals surface area contributed by atoms with E-state index in [-0.39, 0.29) is 29.5 Å². The van der Waals surface area contributed by atoms with Gasteiger partial charge in [0.15, 0.2) is 9.84 Å². The third-order valence-electron chi connectivity index (χ3n) is 5.84. The van der Waals surface area contributed by atoms with Gasteiger partial charge in [-0.25, -0.2) is 8.42 Å². The van der Waals surface area contributed by atoms with Gasteiger partial charge in [-0.1, -0.05) is 18.2 Å². The Balaban J connectivity index is 1.40. The van der Waals surface area contributed by atoms with Crippen LogP contribution in [0, 0.1) is 0 Å². The Morgan fingerprint density at radius 3 is 2.50 bits per heavy atom. The predicted molar refractivity (Wildman–Crippen MR) is 109 cm³/mol. The number of carbonyl (C=O) groups excluding carboxylic acids is 1. The fraction of sp³-hybridized carbons (Fsp3) is 0.650. The fourth-order valence-electron chi connectivity index (χ4n) is 3.90. The van der Waals surface area contributed by atoms with Gasteiger partial charge in [-0.05, 0) is 25.5 Å². The number of hydrogen-bond donors (Lipinski definition) is 0. The summed E-state index contributed by atoms with van der Waals surface area (Å²) in [6, 6.07) is 9.40. The third-order valence-corrected chi connectivity index (χ3v) is 7.59. The summed E-state index contributed by atoms with van der Waals surface area (Å²) in [4.78, 5) is 19.0. The number of carbonyl (C=O) groups is 1. The van der Waals surface area contributed by atoms with Crippen LogP contribution in [0.3, 0.4) is 0 Å². The number of piperazine rings is 1. The van der Waals surface area contributed by atoms with Crippen LogP contribution in [-0.2, 0) is 14.6 Å². The van der Waals surface area contributed by atoms with Crippen molar-refractivity contribution in [2.75, 3.05) is 57.9 Å². The zero-order valence-corrected chi connectivity index (χ0v) is 17.6. The van der Waals surface area contributed by atoms with Crippen LogP contribution in [0.25, 0.3) is 0 Å². The maximum absolute atomic E-state index is 12.8. The van der Waals surface area contributed by atoms with E-state index in [2.05, 4.69) is 9.80 Å². The summed E-state index contributed by atoms with van der Waals surface area (Å²) in [7, 11) is -1.25. The molecule has 2 unspecified atom stereocenters. The van der Waals surface area contributed by atoms with E-state index in [0.29, 0.717) is 13.0 Å². The van der Waals surface area contributed by atoms with Crippen LogP contribution in [0.4, 0.5) is 0 Å². The number of para-hydroxylation sites is 1. The van der Waals surface area contributed by atoms with E-state index in [0.717, 1.165) is 38.5 Å². The molecule has 0 radical (unpaired) electrons. The Morgan fingerprint density at radius 1 is 1.21 bits per heavy atom. The van der Waals surface area contributed by atoms with Crippen molar-refractivity contribution in [2.45, 2.75) is 25.4 Å². The zero-order chi connectivity index (χ0) is 20.1. The van der Waals surface area contributed by atoms with Crippen molar-refractivity contribution in [1.29, 1.82) is 0 Å². The molecule has 0 N–H and O–H groups in total. The summed E-state index contributed by atoms with van der Waals surface area (Å²) in [5.41, 5.74) is 0. The van der Waals surface area contributed by atoms with Gasteiger partial charge in [0.1, 0.15) is 12.4 Å². The molecule has 0 saturated carbocycles. The molecule has 156 valence electrons. The van der Waals surface area contributed by atoms with Crippen molar-refractivity contribution < 1.29 is 17.9 Å². The van der Waals surface area contributed by atoms with Gasteiger partial charge in [-0.3, -0.25) is 14.6 Å². The summed E-state index contributed by atoms with van der Waals surface area (Å²) >= 11 is 0. The smallest absolute Gasteiger partial charge is 0.239 e. The normalized spacial score (nSPS) is 24.0. The standard InChI is InChI=1S/C20H31N3O4S/c1-17(20(24)21(2)18-8-15-28(25,26)16-18)23-11-9-22(10-12-23)13-14-27-19-6-4-3-5-7-19/h3-7,17-18H,8-16H2,1-2H3. The molecule has 2 aliphatic rings. The van der Waals surface area contributed by atoms with Gasteiger partial charge < -0.3 is 9.64 Å². The van der Waals surface area contributed by atoms with Gasteiger partial charge in [0.25, 0.3) is 0 Å². The van der Waals surface area contributed by atoms with Crippen molar-refractivity contribution >= 4 is 15.7 Å². The molecule has 0 aromatic heterocycles. The minimum absolute atomic E-state index is 0.0166. The summed E-state index contributed by atoms with van der Waals surface area (Å²) in [5.74, 6) is 1.19. The lowest BCUT2D eigenvalue weighted by atomic mass is 10.1. The first-order chi connectivity index (χ1) is 13.4. The molecule has 28 heavy (non-hydrogen) atoms. The minimum Gasteiger partial charge on any atom is -0.492 e. The molecule has 0 spiro atoms. The highest BCUT2D eigenvalue weighted by Gasteiger charge is 2.35. The molecule has 1 aromatic carbocycles. The second kappa shape index (κ2) is 9.24. The molecule has 1 aromatic rings. The number of hydrogen-bond acceptors (Lipinski definition) is 6. The van der Waals surface area contributed by atoms with Crippen LogP contribution >= 0.6 is 0 Å². The van der Waals surface area contributed by atoms with Crippen LogP contribution in [-0.4, -0.2) is 99.0 Å². The summed E-state index contributed by atoms with van der Waals surface area (Å²) in [6.07, 6.45) is 0.548. The van der Waals surface area contributed by atoms with Gasteiger partial charge in [-0.15, -0.1) is 0 Å². The number of likely N-dealkylation sites (N-methyl/N-ethyl adjacent to an activating group) is 1. The Kier molecular flexibility index (Phi) is 6.95. The Hall–Kier alpha value is -1.64. The molecule has 2 fully saturated rings. The lowest BCUT2D eigenvalue weighted by Crippen LogP contribution is -2.55. The lowest BCUT2D eigenvalue weighted by Gasteiger charge is -2.39. The summed E-state index contributed by atoms with van der Waals surface area (Å²) in [5, 5.41) is 0. The highest BCUT2D eigenvalue weighted by atomic mass is 32.2. The minimum atomic E-state index is -2.99. The molecule has 2 heterocycles. The number of sulfone groups is 1. The summed E-state index contributed by atoms with van der Waals surface area (Å²) < 4.78 is 29.1. The molecular weight excluding hydrogens is 378 g/mol. The van der Waals surface area contributed by atoms with Crippen molar-refractivity contribution in [3.05, 3.63) is 30.3 Å². The Labute approximate surface area is 168 Å². The van der Waals surface area contributed by atoms with E-state index >= 15 is 0 Å². The van der Waals surface area contributed by atoms with Crippen molar-refractivity contribution in [1.82, 2.24) is 14.7 Å². The number of amides is 1. The van der Waals surface area contributed by atoms with Gasteiger partial charge in [0.05, 0.1) is 17.5 Å². The lowest BCUT2D eigenvalue weighted by molar-refractivity contribution is -0.137. The van der Waals surface area contributed by atoms with Crippen LogP contribution in [0.2, 0.25) is 0 Å². The van der Waals surface area contributed by atoms with Crippen molar-refractivity contribution in [2.24, 2.45) is 0 Å². The van der Waals surface area contributed by atoms with Crippen LogP contribution in [0.5, 0.6) is 5.75 Å². The molecule has 3 rings (SSSR count). The van der Waals surface area contributed by atoms with Gasteiger partial charge in [0.2, 0.25) is 5.91 Å². The molecular formula is C20H31N3O4S. The maximum Gasteiger partial charge on any atom is 0.239 e. The molecule has 2 saturated heterocycles. The zero-order valence-electron chi connectivity index (χ0n) is 16.8. The first-order valence-electron chi connectivity index (χ1n) is 9.97. The average molecular weight is 410 g/mol. The van der Waals surface area contributed by atoms with E-state index < -0.39 is 9.84 Å². The molecule has 7 nitrogen and oxygen atoms in total. The molecule has 0 aliphatic carbocycles. The first-order valence-corrected chi connectivity index (χ1v) is 11.8. The molecule has 0 bridgehead atoms. The fourth-order valence-corrected chi connectivity index (χ4v) is 5.67. The van der Waals surface area contributed by atoms with Gasteiger partial charge in [-0.2, -0.15) is 0 Å². The van der Waals surface area contributed by atoms with Crippen LogP contribution in [0.15, 0.2) is 30.3 Å². The third kappa shape index (κ3) is 5.46. The Bertz CT molecular complexity index is 748. The highest BCUT2D eigenvalue weighted by molar-refractivity contribution is 7.91. The van der Waals surface area contributed by atoms with E-state index in [1.54, 1.807) is 11.9 Å². The first kappa shape index (κ1) is 21.1. The number of benzene rings is 1. The molecule has 8 heteroatoms. The predicted octanol–water partition coefficient (Wildman–Crippen LogP) is 0.717. The maximum atomic E-state index is 12.8. The second-order valence-corrected chi connectivity index (χ2v) is 9.95. The summed E-state index contributed by atoms with van der Waals surface area (Å²) in [6.45, 7) is 6.90. The number of nitrogens with zero attached hydrogens (tertiary/aromatic N) is 3. The highest BCUT2D eigenvalue weighted by Crippen LogP contribution is 2.18. The SMILES string of the molecule is CC(C(=O)N(C)C1CCS(=O)(=O)C1)N1CCN(CCOc2ccccc2)CC1. The van der Waals surface area contributed by atoms with Gasteiger partial charge in [0, 0.05) is 45.8 Å². The Morgan fingerprint density at radius 2 is 1.89 bits per heavy atom. The van der Waals surface area contributed by atoms with Gasteiger partial charge >= 0.3 is 0 Å². The molecule has 2 aliphatic heterocycles. The topological polar surface area (TPSA) is 70.2 Å². The molecule has 2 atom stereocenters. The largest absolute Gasteiger partial charge is 0.492 e. The average Bonchev–Trinajstić information content (AvgIpc) is 3.07. The van der Waals surface area contributed by atoms with Crippen LogP contribution < -0.4 is 4.74 Å².